The van der Waals surface area contributed by atoms with E-state index in [1.807, 2.05) is 0 Å². The first-order valence-electron chi connectivity index (χ1n) is 38.8. The molecule has 0 radical (unpaired) electrons. The van der Waals surface area contributed by atoms with E-state index in [4.69, 9.17) is 0 Å². The van der Waals surface area contributed by atoms with Gasteiger partial charge in [0.1, 0.15) is 35.2 Å². The summed E-state index contributed by atoms with van der Waals surface area (Å²) in [5.41, 5.74) is 41.6. The van der Waals surface area contributed by atoms with Crippen molar-refractivity contribution in [3.05, 3.63) is 264 Å². The topological polar surface area (TPSA) is 19.4 Å². The zero-order valence-electron chi connectivity index (χ0n) is 70.1. The molecule has 5 nitrogen and oxygen atoms in total. The molecule has 5 aromatic heterocycles. The summed E-state index contributed by atoms with van der Waals surface area (Å²) in [7, 11) is 10.7. The number of hydrogen-bond donors (Lipinski definition) is 0. The van der Waals surface area contributed by atoms with Gasteiger partial charge in [0.2, 0.25) is 28.5 Å². The summed E-state index contributed by atoms with van der Waals surface area (Å²) in [4.78, 5) is 0. The van der Waals surface area contributed by atoms with Crippen LogP contribution in [-0.4, -0.2) is 0 Å². The van der Waals surface area contributed by atoms with Gasteiger partial charge in [-0.2, -0.15) is 0 Å². The SMILES string of the molecule is CCC(C)c1ccc(-c2c(C)cc(C)c[n+]2C)c(C)c1.CCC(CC)c1ccc(-c2c(C)c(C)cc[n+]2C)c(C)c1.Cc1cc(C(C)(C)C)ccc1-c1c(C)c(C)cc[n+]1C.Cc1cc(C2CCCC2)ccc1-c1c(C)c(C)cc[n+]1C.Cc1cc(CC(C)(C)C)ccc1-c1c(C)c(C)cc[n+]1C. The second kappa shape index (κ2) is 35.6. The molecule has 1 fully saturated rings. The molecule has 0 aliphatic heterocycles. The van der Waals surface area contributed by atoms with Gasteiger partial charge in [0, 0.05) is 85.5 Å². The lowest BCUT2D eigenvalue weighted by atomic mass is 9.84. The highest BCUT2D eigenvalue weighted by atomic mass is 14.9. The van der Waals surface area contributed by atoms with Crippen LogP contribution in [0.5, 0.6) is 0 Å². The second-order valence-corrected chi connectivity index (χ2v) is 33.2. The molecule has 546 valence electrons. The average Bonchev–Trinajstić information content (AvgIpc) is 1.33. The summed E-state index contributed by atoms with van der Waals surface area (Å²) < 4.78 is 11.2. The van der Waals surface area contributed by atoms with Crippen LogP contribution in [0.3, 0.4) is 0 Å². The summed E-state index contributed by atoms with van der Waals surface area (Å²) in [6.45, 7) is 55.9. The van der Waals surface area contributed by atoms with Gasteiger partial charge in [0.05, 0.1) is 0 Å². The van der Waals surface area contributed by atoms with Crippen molar-refractivity contribution in [2.45, 2.75) is 248 Å². The van der Waals surface area contributed by atoms with Crippen molar-refractivity contribution in [2.75, 3.05) is 0 Å². The Labute approximate surface area is 627 Å². The Morgan fingerprint density at radius 2 is 0.728 bits per heavy atom. The Balaban J connectivity index is 0.000000180. The van der Waals surface area contributed by atoms with Crippen molar-refractivity contribution in [3.8, 4) is 56.3 Å². The molecule has 0 spiro atoms. The van der Waals surface area contributed by atoms with Crippen LogP contribution in [0.15, 0.2) is 152 Å². The van der Waals surface area contributed by atoms with Gasteiger partial charge in [0.15, 0.2) is 31.0 Å². The predicted molar refractivity (Wildman–Crippen MR) is 441 cm³/mol. The maximum atomic E-state index is 2.42. The lowest BCUT2D eigenvalue weighted by molar-refractivity contribution is -0.661. The van der Waals surface area contributed by atoms with Crippen LogP contribution in [0.1, 0.15) is 243 Å². The number of pyridine rings is 5. The Morgan fingerprint density at radius 3 is 1.10 bits per heavy atom. The van der Waals surface area contributed by atoms with Crippen LogP contribution in [0.2, 0.25) is 0 Å². The van der Waals surface area contributed by atoms with Crippen molar-refractivity contribution < 1.29 is 22.8 Å². The van der Waals surface area contributed by atoms with Crippen molar-refractivity contribution in [1.29, 1.82) is 0 Å². The van der Waals surface area contributed by atoms with Gasteiger partial charge >= 0.3 is 0 Å². The Bertz CT molecular complexity index is 4460. The summed E-state index contributed by atoms with van der Waals surface area (Å²) >= 11 is 0. The smallest absolute Gasteiger partial charge is 0.201 e. The monoisotopic (exact) mass is 1380 g/mol. The highest BCUT2D eigenvalue weighted by molar-refractivity contribution is 5.70. The third kappa shape index (κ3) is 20.4. The third-order valence-electron chi connectivity index (χ3n) is 22.6. The van der Waals surface area contributed by atoms with Crippen LogP contribution in [0.4, 0.5) is 0 Å². The van der Waals surface area contributed by atoms with E-state index in [9.17, 15) is 0 Å². The molecule has 11 rings (SSSR count). The number of hydrogen-bond acceptors (Lipinski definition) is 0. The van der Waals surface area contributed by atoms with Gasteiger partial charge in [-0.05, 0) is 285 Å². The normalized spacial score (nSPS) is 12.6. The standard InChI is InChI=1S/C20H26N.2C20H28N.2C19H26N/c1-14-11-12-21(4)20(16(14)3)19-10-9-18(13-15(19)2)17-7-5-6-8-17;1-14-10-11-21(7)19(16(14)3)18-9-8-17(12-15(18)2)13-20(4,5)6;1-7-17(8-2)18-9-10-19(15(4)13-18)20-16(5)14(3)11-12-21(20)6;1-13-10-11-20(7)18(15(13)3)17-9-8-16(12-14(17)2)19(4,5)6;1-7-14(3)17-8-9-18(15(4)11-17)19-16(5)10-13(2)12-20(19)6/h9-13,17H,5-8H2,1-4H3;8-12H,13H2,1-7H3;9-13,17H,7-8H2,1-6H3;8-12H,1-7H3;8-12,14H,7H2,1-6H3/q5*+1. The van der Waals surface area contributed by atoms with Crippen LogP contribution in [0, 0.1) is 109 Å². The maximum absolute atomic E-state index is 2.42. The number of rotatable bonds is 12. The highest BCUT2D eigenvalue weighted by Gasteiger charge is 2.26. The van der Waals surface area contributed by atoms with Gasteiger partial charge in [-0.15, -0.1) is 0 Å². The predicted octanol–water partition coefficient (Wildman–Crippen LogP) is 23.5. The molecule has 5 heterocycles. The van der Waals surface area contributed by atoms with Gasteiger partial charge in [-0.3, -0.25) is 0 Å². The van der Waals surface area contributed by atoms with E-state index >= 15 is 0 Å². The fraction of sp³-hybridized carbons (Fsp3) is 0.439. The maximum Gasteiger partial charge on any atom is 0.215 e. The van der Waals surface area contributed by atoms with Crippen LogP contribution < -0.4 is 22.8 Å². The quantitative estimate of drug-likeness (QED) is 0.109. The molecule has 5 aromatic carbocycles. The van der Waals surface area contributed by atoms with Gasteiger partial charge in [-0.25, -0.2) is 22.8 Å². The van der Waals surface area contributed by atoms with Crippen molar-refractivity contribution in [1.82, 2.24) is 0 Å². The van der Waals surface area contributed by atoms with E-state index in [0.29, 0.717) is 17.3 Å². The van der Waals surface area contributed by atoms with Gasteiger partial charge in [-0.1, -0.05) is 143 Å². The first-order valence-corrected chi connectivity index (χ1v) is 38.8. The molecule has 0 amide bonds. The van der Waals surface area contributed by atoms with Gasteiger partial charge < -0.3 is 0 Å². The number of aryl methyl sites for hydroxylation is 16. The van der Waals surface area contributed by atoms with E-state index in [1.54, 1.807) is 5.56 Å². The summed E-state index contributed by atoms with van der Waals surface area (Å²) in [6.07, 6.45) is 21.1. The zero-order chi connectivity index (χ0) is 76.3. The Kier molecular flexibility index (Phi) is 28.4. The van der Waals surface area contributed by atoms with E-state index in [1.165, 1.54) is 207 Å². The molecular formula is C98H134N5+5. The highest BCUT2D eigenvalue weighted by Crippen LogP contribution is 2.38. The van der Waals surface area contributed by atoms with E-state index in [0.717, 1.165) is 12.3 Å². The number of aromatic nitrogens is 5. The lowest BCUT2D eigenvalue weighted by Crippen LogP contribution is -2.32. The molecule has 1 saturated carbocycles. The Morgan fingerprint density at radius 1 is 0.359 bits per heavy atom. The third-order valence-corrected chi connectivity index (χ3v) is 22.6. The molecular weight excluding hydrogens is 1250 g/mol. The minimum atomic E-state index is 0.202. The molecule has 1 aliphatic carbocycles. The minimum Gasteiger partial charge on any atom is -0.201 e. The fourth-order valence-corrected chi connectivity index (χ4v) is 15.6. The Hall–Kier alpha value is -8.15. The molecule has 1 aliphatic rings. The van der Waals surface area contributed by atoms with Crippen molar-refractivity contribution in [3.63, 3.8) is 0 Å². The summed E-state index contributed by atoms with van der Waals surface area (Å²) in [6, 6.07) is 45.9. The molecule has 0 saturated heterocycles. The molecule has 103 heavy (non-hydrogen) atoms. The van der Waals surface area contributed by atoms with Crippen molar-refractivity contribution >= 4 is 0 Å². The fourth-order valence-electron chi connectivity index (χ4n) is 15.6. The van der Waals surface area contributed by atoms with Crippen LogP contribution >= 0.6 is 0 Å². The molecule has 0 bridgehead atoms. The molecule has 0 N–H and O–H groups in total. The van der Waals surface area contributed by atoms with Crippen molar-refractivity contribution in [2.24, 2.45) is 40.7 Å². The first kappa shape index (κ1) is 82.1. The largest absolute Gasteiger partial charge is 0.215 e. The van der Waals surface area contributed by atoms with Gasteiger partial charge in [0.25, 0.3) is 0 Å². The zero-order valence-corrected chi connectivity index (χ0v) is 70.1. The number of nitrogens with zero attached hydrogens (tertiary/aromatic N) is 5. The van der Waals surface area contributed by atoms with Crippen LogP contribution in [-0.2, 0) is 47.1 Å². The van der Waals surface area contributed by atoms with E-state index in [-0.39, 0.29) is 5.41 Å². The summed E-state index contributed by atoms with van der Waals surface area (Å²) in [5.74, 6) is 2.12. The number of benzene rings is 5. The molecule has 1 unspecified atom stereocenters. The minimum absolute atomic E-state index is 0.202. The first-order chi connectivity index (χ1) is 48.4. The van der Waals surface area contributed by atoms with Crippen LogP contribution in [0.25, 0.3) is 56.3 Å². The van der Waals surface area contributed by atoms with E-state index < -0.39 is 0 Å². The molecule has 5 heteroatoms. The molecule has 1 atom stereocenters. The molecule has 10 aromatic rings. The van der Waals surface area contributed by atoms with E-state index in [2.05, 4.69) is 383 Å². The summed E-state index contributed by atoms with van der Waals surface area (Å²) in [5, 5.41) is 0. The average molecular weight is 1380 g/mol. The second-order valence-electron chi connectivity index (χ2n) is 33.2. The lowest BCUT2D eigenvalue weighted by Gasteiger charge is -2.20.